The maximum Gasteiger partial charge on any atom is 0.176 e. The number of nitrogens with zero attached hydrogens (tertiary/aromatic N) is 1. The molecule has 0 spiro atoms. The van der Waals surface area contributed by atoms with E-state index in [4.69, 9.17) is 23.2 Å². The van der Waals surface area contributed by atoms with Crippen LogP contribution in [0, 0.1) is 0 Å². The highest BCUT2D eigenvalue weighted by Crippen LogP contribution is 2.24. The average molecular weight is 302 g/mol. The van der Waals surface area contributed by atoms with Gasteiger partial charge in [-0.1, -0.05) is 23.2 Å². The summed E-state index contributed by atoms with van der Waals surface area (Å²) in [6, 6.07) is 4.93. The van der Waals surface area contributed by atoms with Crippen LogP contribution in [-0.4, -0.2) is 41.0 Å². The van der Waals surface area contributed by atoms with E-state index >= 15 is 0 Å². The van der Waals surface area contributed by atoms with Crippen molar-refractivity contribution in [2.24, 2.45) is 0 Å². The number of likely N-dealkylation sites (tertiary alicyclic amines) is 1. The molecule has 0 unspecified atom stereocenters. The molecule has 5 heteroatoms. The monoisotopic (exact) mass is 301 g/mol. The van der Waals surface area contributed by atoms with Crippen molar-refractivity contribution in [1.29, 1.82) is 0 Å². The summed E-state index contributed by atoms with van der Waals surface area (Å²) in [5, 5.41) is 10.7. The number of benzene rings is 1. The van der Waals surface area contributed by atoms with Crippen LogP contribution in [-0.2, 0) is 0 Å². The summed E-state index contributed by atoms with van der Waals surface area (Å²) in [5.74, 6) is 0.0279. The summed E-state index contributed by atoms with van der Waals surface area (Å²) in [5.41, 5.74) is -0.0184. The maximum atomic E-state index is 12.1. The molecular formula is C14H17Cl2NO2. The Morgan fingerprint density at radius 1 is 1.32 bits per heavy atom. The third-order valence-electron chi connectivity index (χ3n) is 3.54. The highest BCUT2D eigenvalue weighted by atomic mass is 35.5. The molecule has 3 nitrogen and oxygen atoms in total. The molecule has 1 aliphatic heterocycles. The molecule has 0 amide bonds. The molecule has 1 aromatic rings. The SMILES string of the molecule is CC1(O)CCN(CC(=O)c2ccc(Cl)c(Cl)c2)CC1. The number of Topliss-reactive ketones (excluding diaryl/α,β-unsaturated/α-hetero) is 1. The number of piperidine rings is 1. The largest absolute Gasteiger partial charge is 0.390 e. The second-order valence-electron chi connectivity index (χ2n) is 5.33. The summed E-state index contributed by atoms with van der Waals surface area (Å²) in [6.45, 7) is 3.67. The lowest BCUT2D eigenvalue weighted by atomic mass is 9.93. The number of aliphatic hydroxyl groups is 1. The fourth-order valence-electron chi connectivity index (χ4n) is 2.16. The van der Waals surface area contributed by atoms with Gasteiger partial charge in [0.1, 0.15) is 0 Å². The van der Waals surface area contributed by atoms with E-state index < -0.39 is 5.60 Å². The Hall–Kier alpha value is -0.610. The van der Waals surface area contributed by atoms with Crippen LogP contribution in [0.4, 0.5) is 0 Å². The Morgan fingerprint density at radius 3 is 2.53 bits per heavy atom. The lowest BCUT2D eigenvalue weighted by Crippen LogP contribution is -2.44. The minimum absolute atomic E-state index is 0.0279. The summed E-state index contributed by atoms with van der Waals surface area (Å²) in [6.07, 6.45) is 1.39. The molecule has 1 aromatic carbocycles. The molecule has 0 radical (unpaired) electrons. The van der Waals surface area contributed by atoms with Gasteiger partial charge in [-0.15, -0.1) is 0 Å². The highest BCUT2D eigenvalue weighted by Gasteiger charge is 2.28. The number of ketones is 1. The summed E-state index contributed by atoms with van der Waals surface area (Å²) in [7, 11) is 0. The van der Waals surface area contributed by atoms with Gasteiger partial charge >= 0.3 is 0 Å². The molecule has 19 heavy (non-hydrogen) atoms. The van der Waals surface area contributed by atoms with Crippen LogP contribution in [0.2, 0.25) is 10.0 Å². The molecule has 0 aliphatic carbocycles. The van der Waals surface area contributed by atoms with Gasteiger partial charge in [-0.05, 0) is 38.0 Å². The molecule has 1 heterocycles. The van der Waals surface area contributed by atoms with Crippen LogP contribution in [0.3, 0.4) is 0 Å². The van der Waals surface area contributed by atoms with Crippen molar-refractivity contribution in [2.75, 3.05) is 19.6 Å². The van der Waals surface area contributed by atoms with Crippen molar-refractivity contribution in [3.05, 3.63) is 33.8 Å². The maximum absolute atomic E-state index is 12.1. The minimum Gasteiger partial charge on any atom is -0.390 e. The lowest BCUT2D eigenvalue weighted by Gasteiger charge is -2.35. The van der Waals surface area contributed by atoms with Crippen molar-refractivity contribution in [3.8, 4) is 0 Å². The van der Waals surface area contributed by atoms with Gasteiger partial charge in [-0.2, -0.15) is 0 Å². The predicted octanol–water partition coefficient (Wildman–Crippen LogP) is 3.02. The fourth-order valence-corrected chi connectivity index (χ4v) is 2.45. The van der Waals surface area contributed by atoms with Crippen LogP contribution in [0.15, 0.2) is 18.2 Å². The summed E-state index contributed by atoms with van der Waals surface area (Å²) < 4.78 is 0. The zero-order chi connectivity index (χ0) is 14.0. The standard InChI is InChI=1S/C14H17Cl2NO2/c1-14(19)4-6-17(7-5-14)9-13(18)10-2-3-11(15)12(16)8-10/h2-3,8,19H,4-7,9H2,1H3. The van der Waals surface area contributed by atoms with Crippen molar-refractivity contribution in [1.82, 2.24) is 4.90 Å². The van der Waals surface area contributed by atoms with Gasteiger partial charge in [0, 0.05) is 18.7 Å². The van der Waals surface area contributed by atoms with E-state index in [0.717, 1.165) is 13.1 Å². The van der Waals surface area contributed by atoms with Crippen LogP contribution < -0.4 is 0 Å². The van der Waals surface area contributed by atoms with E-state index in [1.54, 1.807) is 18.2 Å². The van der Waals surface area contributed by atoms with Gasteiger partial charge < -0.3 is 5.11 Å². The molecular weight excluding hydrogens is 285 g/mol. The van der Waals surface area contributed by atoms with Crippen molar-refractivity contribution < 1.29 is 9.90 Å². The van der Waals surface area contributed by atoms with Crippen LogP contribution in [0.5, 0.6) is 0 Å². The van der Waals surface area contributed by atoms with E-state index in [1.165, 1.54) is 0 Å². The van der Waals surface area contributed by atoms with Gasteiger partial charge in [0.15, 0.2) is 5.78 Å². The molecule has 104 valence electrons. The molecule has 1 fully saturated rings. The molecule has 0 atom stereocenters. The lowest BCUT2D eigenvalue weighted by molar-refractivity contribution is -0.00420. The van der Waals surface area contributed by atoms with Gasteiger partial charge in [0.2, 0.25) is 0 Å². The quantitative estimate of drug-likeness (QED) is 0.873. The number of halogens is 2. The second-order valence-corrected chi connectivity index (χ2v) is 6.14. The van der Waals surface area contributed by atoms with E-state index in [0.29, 0.717) is 35.0 Å². The fraction of sp³-hybridized carbons (Fsp3) is 0.500. The first-order valence-electron chi connectivity index (χ1n) is 6.30. The highest BCUT2D eigenvalue weighted by molar-refractivity contribution is 6.42. The van der Waals surface area contributed by atoms with Crippen molar-refractivity contribution >= 4 is 29.0 Å². The minimum atomic E-state index is -0.594. The first kappa shape index (κ1) is 14.8. The summed E-state index contributed by atoms with van der Waals surface area (Å²) in [4.78, 5) is 14.2. The Labute approximate surface area is 123 Å². The number of hydrogen-bond donors (Lipinski definition) is 1. The number of carbonyl (C=O) groups is 1. The summed E-state index contributed by atoms with van der Waals surface area (Å²) >= 11 is 11.7. The van der Waals surface area contributed by atoms with Crippen LogP contribution >= 0.6 is 23.2 Å². The van der Waals surface area contributed by atoms with Crippen molar-refractivity contribution in [3.63, 3.8) is 0 Å². The van der Waals surface area contributed by atoms with Gasteiger partial charge in [0.05, 0.1) is 22.2 Å². The van der Waals surface area contributed by atoms with E-state index in [-0.39, 0.29) is 5.78 Å². The second kappa shape index (κ2) is 5.80. The molecule has 1 saturated heterocycles. The normalized spacial score (nSPS) is 19.4. The smallest absolute Gasteiger partial charge is 0.176 e. The predicted molar refractivity (Wildman–Crippen MR) is 77.1 cm³/mol. The van der Waals surface area contributed by atoms with Crippen LogP contribution in [0.1, 0.15) is 30.1 Å². The van der Waals surface area contributed by atoms with Crippen molar-refractivity contribution in [2.45, 2.75) is 25.4 Å². The van der Waals surface area contributed by atoms with Gasteiger partial charge in [0.25, 0.3) is 0 Å². The van der Waals surface area contributed by atoms with Gasteiger partial charge in [-0.25, -0.2) is 0 Å². The zero-order valence-corrected chi connectivity index (χ0v) is 12.3. The molecule has 0 aromatic heterocycles. The third kappa shape index (κ3) is 3.93. The third-order valence-corrected chi connectivity index (χ3v) is 4.28. The van der Waals surface area contributed by atoms with Gasteiger partial charge in [-0.3, -0.25) is 9.69 Å². The Balaban J connectivity index is 1.96. The molecule has 0 bridgehead atoms. The average Bonchev–Trinajstić information content (AvgIpc) is 2.35. The number of carbonyl (C=O) groups excluding carboxylic acids is 1. The molecule has 0 saturated carbocycles. The van der Waals surface area contributed by atoms with Crippen LogP contribution in [0.25, 0.3) is 0 Å². The van der Waals surface area contributed by atoms with E-state index in [1.807, 2.05) is 6.92 Å². The van der Waals surface area contributed by atoms with E-state index in [2.05, 4.69) is 4.90 Å². The molecule has 2 rings (SSSR count). The van der Waals surface area contributed by atoms with E-state index in [9.17, 15) is 9.90 Å². The number of hydrogen-bond acceptors (Lipinski definition) is 3. The Morgan fingerprint density at radius 2 is 1.95 bits per heavy atom. The number of rotatable bonds is 3. The first-order valence-corrected chi connectivity index (χ1v) is 7.06. The molecule has 1 N–H and O–H groups in total. The Kier molecular flexibility index (Phi) is 4.51. The Bertz CT molecular complexity index is 478. The zero-order valence-electron chi connectivity index (χ0n) is 10.8. The molecule has 1 aliphatic rings. The first-order chi connectivity index (χ1) is 8.87. The topological polar surface area (TPSA) is 40.5 Å².